The molecule has 0 heterocycles. The van der Waals surface area contributed by atoms with Crippen LogP contribution in [0, 0.1) is 0 Å². The maximum absolute atomic E-state index is 2.47. The van der Waals surface area contributed by atoms with E-state index in [4.69, 9.17) is 0 Å². The average molecular weight is 755 g/mol. The van der Waals surface area contributed by atoms with Crippen molar-refractivity contribution in [2.45, 2.75) is 206 Å². The molecule has 0 aliphatic rings. The lowest BCUT2D eigenvalue weighted by Crippen LogP contribution is -3.00. The van der Waals surface area contributed by atoms with Crippen LogP contribution in [-0.2, 0) is 0 Å². The van der Waals surface area contributed by atoms with Crippen molar-refractivity contribution in [1.29, 1.82) is 0 Å². The van der Waals surface area contributed by atoms with Crippen molar-refractivity contribution in [3.63, 3.8) is 0 Å². The van der Waals surface area contributed by atoms with Crippen LogP contribution >= 0.6 is 0 Å². The summed E-state index contributed by atoms with van der Waals surface area (Å²) in [5.74, 6) is 0. The highest BCUT2D eigenvalue weighted by Gasteiger charge is 2.15. The molecule has 2 nitrogen and oxygen atoms in total. The molecule has 0 unspecified atom stereocenters. The van der Waals surface area contributed by atoms with Crippen LogP contribution in [0.15, 0.2) is 0 Å². The summed E-state index contributed by atoms with van der Waals surface area (Å²) in [5.41, 5.74) is 0. The predicted octanol–water partition coefficient (Wildman–Crippen LogP) is 6.89. The van der Waals surface area contributed by atoms with Gasteiger partial charge in [-0.15, -0.1) is 0 Å². The van der Waals surface area contributed by atoms with Gasteiger partial charge in [0.25, 0.3) is 0 Å². The zero-order chi connectivity index (χ0) is 31.0. The van der Waals surface area contributed by atoms with E-state index in [9.17, 15) is 0 Å². The van der Waals surface area contributed by atoms with Gasteiger partial charge >= 0.3 is 0 Å². The molecule has 0 saturated heterocycles. The highest BCUT2D eigenvalue weighted by Crippen LogP contribution is 2.16. The third-order valence-corrected chi connectivity index (χ3v) is 10.0. The van der Waals surface area contributed by atoms with Crippen LogP contribution in [0.25, 0.3) is 0 Å². The molecular formula is C40H86Br2N2. The largest absolute Gasteiger partial charge is 1.00 e. The smallest absolute Gasteiger partial charge is 0.0782 e. The zero-order valence-electron chi connectivity index (χ0n) is 31.7. The van der Waals surface area contributed by atoms with E-state index in [1.807, 2.05) is 0 Å². The summed E-state index contributed by atoms with van der Waals surface area (Å²) in [6, 6.07) is 0. The summed E-state index contributed by atoms with van der Waals surface area (Å²) < 4.78 is 2.47. The van der Waals surface area contributed by atoms with E-state index in [-0.39, 0.29) is 34.0 Å². The Morgan fingerprint density at radius 2 is 0.364 bits per heavy atom. The SMILES string of the molecule is CCCCCCCCCCCCCCCC[N+](C)(C)CCCCCC[N+](C)(C)CCCCCCCCCCCCCC.[Br-].[Br-]. The molecule has 0 fully saturated rings. The van der Waals surface area contributed by atoms with Crippen LogP contribution in [0.4, 0.5) is 0 Å². The Labute approximate surface area is 302 Å². The van der Waals surface area contributed by atoms with Crippen LogP contribution in [0.2, 0.25) is 0 Å². The van der Waals surface area contributed by atoms with E-state index in [0.29, 0.717) is 0 Å². The minimum Gasteiger partial charge on any atom is -1.00 e. The topological polar surface area (TPSA) is 0 Å². The Kier molecular flexibility index (Phi) is 41.1. The van der Waals surface area contributed by atoms with E-state index >= 15 is 0 Å². The van der Waals surface area contributed by atoms with E-state index in [1.54, 1.807) is 0 Å². The van der Waals surface area contributed by atoms with E-state index in [2.05, 4.69) is 42.0 Å². The molecule has 4 heteroatoms. The Bertz CT molecular complexity index is 524. The Morgan fingerprint density at radius 1 is 0.227 bits per heavy atom. The lowest BCUT2D eigenvalue weighted by molar-refractivity contribution is -0.891. The Balaban J connectivity index is -0.00000840. The molecule has 0 aromatic carbocycles. The summed E-state index contributed by atoms with van der Waals surface area (Å²) in [6.07, 6.45) is 43.5. The maximum Gasteiger partial charge on any atom is 0.0782 e. The number of nitrogens with zero attached hydrogens (tertiary/aromatic N) is 2. The number of halogens is 2. The molecule has 0 aromatic heterocycles. The normalized spacial score (nSPS) is 11.9. The molecule has 270 valence electrons. The molecule has 0 amide bonds. The lowest BCUT2D eigenvalue weighted by Gasteiger charge is -2.31. The van der Waals surface area contributed by atoms with Crippen molar-refractivity contribution in [3.8, 4) is 0 Å². The molecule has 0 N–H and O–H groups in total. The number of hydrogen-bond acceptors (Lipinski definition) is 0. The van der Waals surface area contributed by atoms with Gasteiger partial charge in [-0.3, -0.25) is 0 Å². The van der Waals surface area contributed by atoms with Crippen molar-refractivity contribution in [1.82, 2.24) is 0 Å². The minimum absolute atomic E-state index is 0. The highest BCUT2D eigenvalue weighted by atomic mass is 79.9. The molecule has 0 bridgehead atoms. The fourth-order valence-electron chi connectivity index (χ4n) is 6.77. The maximum atomic E-state index is 2.47. The fraction of sp³-hybridized carbons (Fsp3) is 1.00. The lowest BCUT2D eigenvalue weighted by atomic mass is 10.0. The first-order valence-electron chi connectivity index (χ1n) is 20.0. The van der Waals surface area contributed by atoms with E-state index < -0.39 is 0 Å². The second-order valence-electron chi connectivity index (χ2n) is 15.7. The monoisotopic (exact) mass is 753 g/mol. The fourth-order valence-corrected chi connectivity index (χ4v) is 6.77. The van der Waals surface area contributed by atoms with Crippen LogP contribution < -0.4 is 34.0 Å². The van der Waals surface area contributed by atoms with Gasteiger partial charge in [0.1, 0.15) is 0 Å². The number of rotatable bonds is 35. The van der Waals surface area contributed by atoms with Crippen LogP contribution in [-0.4, -0.2) is 63.3 Å². The first kappa shape index (κ1) is 49.3. The summed E-state index contributed by atoms with van der Waals surface area (Å²) in [4.78, 5) is 0. The van der Waals surface area contributed by atoms with Crippen molar-refractivity contribution in [2.75, 3.05) is 54.4 Å². The molecule has 0 saturated carbocycles. The quantitative estimate of drug-likeness (QED) is 0.0489. The van der Waals surface area contributed by atoms with Gasteiger partial charge in [-0.2, -0.15) is 0 Å². The summed E-state index contributed by atoms with van der Waals surface area (Å²) >= 11 is 0. The molecular weight excluding hydrogens is 668 g/mol. The van der Waals surface area contributed by atoms with Gasteiger partial charge in [-0.1, -0.05) is 155 Å². The third kappa shape index (κ3) is 39.1. The summed E-state index contributed by atoms with van der Waals surface area (Å²) in [7, 11) is 9.87. The first-order valence-corrected chi connectivity index (χ1v) is 20.0. The highest BCUT2D eigenvalue weighted by molar-refractivity contribution is 4.52. The minimum atomic E-state index is 0. The first-order chi connectivity index (χ1) is 20.3. The van der Waals surface area contributed by atoms with Gasteiger partial charge in [-0.25, -0.2) is 0 Å². The zero-order valence-corrected chi connectivity index (χ0v) is 34.9. The van der Waals surface area contributed by atoms with Crippen molar-refractivity contribution >= 4 is 0 Å². The van der Waals surface area contributed by atoms with Crippen LogP contribution in [0.3, 0.4) is 0 Å². The molecule has 0 rings (SSSR count). The van der Waals surface area contributed by atoms with Gasteiger partial charge < -0.3 is 42.9 Å². The second kappa shape index (κ2) is 36.7. The molecule has 0 atom stereocenters. The summed E-state index contributed by atoms with van der Waals surface area (Å²) in [6.45, 7) is 10.1. The van der Waals surface area contributed by atoms with E-state index in [1.165, 1.54) is 228 Å². The molecule has 0 spiro atoms. The van der Waals surface area contributed by atoms with Crippen molar-refractivity contribution in [3.05, 3.63) is 0 Å². The van der Waals surface area contributed by atoms with Crippen molar-refractivity contribution in [2.24, 2.45) is 0 Å². The Hall–Kier alpha value is 0.880. The standard InChI is InChI=1S/C40H86N2.2BrH/c1-7-9-11-13-15-17-19-21-22-24-26-28-30-34-38-42(5,6)40-36-32-31-35-39-41(3,4)37-33-29-27-25-23-20-18-16-14-12-10-8-2;;/h7-40H2,1-6H3;2*1H/q+2;;/p-2. The average Bonchev–Trinajstić information content (AvgIpc) is 2.95. The molecule has 0 radical (unpaired) electrons. The van der Waals surface area contributed by atoms with E-state index in [0.717, 1.165) is 0 Å². The van der Waals surface area contributed by atoms with Crippen LogP contribution in [0.1, 0.15) is 206 Å². The van der Waals surface area contributed by atoms with Gasteiger partial charge in [-0.05, 0) is 51.4 Å². The third-order valence-electron chi connectivity index (χ3n) is 10.0. The van der Waals surface area contributed by atoms with Crippen molar-refractivity contribution < 1.29 is 42.9 Å². The number of unbranched alkanes of at least 4 members (excludes halogenated alkanes) is 27. The summed E-state index contributed by atoms with van der Waals surface area (Å²) in [5, 5.41) is 0. The predicted molar refractivity (Wildman–Crippen MR) is 194 cm³/mol. The Morgan fingerprint density at radius 3 is 0.523 bits per heavy atom. The van der Waals surface area contributed by atoms with Gasteiger partial charge in [0.2, 0.25) is 0 Å². The molecule has 0 aromatic rings. The van der Waals surface area contributed by atoms with Gasteiger partial charge in [0, 0.05) is 0 Å². The van der Waals surface area contributed by atoms with Gasteiger partial charge in [0.05, 0.1) is 54.4 Å². The molecule has 44 heavy (non-hydrogen) atoms. The number of hydrogen-bond donors (Lipinski definition) is 0. The molecule has 0 aliphatic carbocycles. The number of quaternary nitrogens is 2. The van der Waals surface area contributed by atoms with Gasteiger partial charge in [0.15, 0.2) is 0 Å². The van der Waals surface area contributed by atoms with Crippen LogP contribution in [0.5, 0.6) is 0 Å². The second-order valence-corrected chi connectivity index (χ2v) is 15.7. The molecule has 0 aliphatic heterocycles.